The van der Waals surface area contributed by atoms with Crippen molar-refractivity contribution in [3.8, 4) is 0 Å². The first-order valence-corrected chi connectivity index (χ1v) is 9.55. The Morgan fingerprint density at radius 3 is 2.72 bits per heavy atom. The van der Waals surface area contributed by atoms with Crippen molar-refractivity contribution in [1.82, 2.24) is 14.6 Å². The van der Waals surface area contributed by atoms with Crippen LogP contribution in [0.3, 0.4) is 0 Å². The zero-order chi connectivity index (χ0) is 18.0. The summed E-state index contributed by atoms with van der Waals surface area (Å²) in [6.45, 7) is 5.83. The molecule has 0 atom stereocenters. The van der Waals surface area contributed by atoms with Crippen molar-refractivity contribution in [2.75, 3.05) is 11.4 Å². The van der Waals surface area contributed by atoms with Gasteiger partial charge < -0.3 is 4.90 Å². The number of rotatable bonds is 6. The lowest BCUT2D eigenvalue weighted by molar-refractivity contribution is 0.569. The summed E-state index contributed by atoms with van der Waals surface area (Å²) in [5, 5.41) is 6.29. The zero-order valence-electron chi connectivity index (χ0n) is 13.9. The molecule has 0 saturated heterocycles. The highest BCUT2D eigenvalue weighted by Crippen LogP contribution is 2.27. The van der Waals surface area contributed by atoms with Crippen LogP contribution >= 0.6 is 34.5 Å². The minimum atomic E-state index is -0.175. The number of aromatic nitrogens is 3. The summed E-state index contributed by atoms with van der Waals surface area (Å²) in [5.41, 5.74) is 0.864. The molecule has 25 heavy (non-hydrogen) atoms. The molecule has 8 heteroatoms. The predicted molar refractivity (Wildman–Crippen MR) is 104 cm³/mol. The van der Waals surface area contributed by atoms with Gasteiger partial charge in [0.2, 0.25) is 10.1 Å². The van der Waals surface area contributed by atoms with E-state index in [1.54, 1.807) is 6.07 Å². The fourth-order valence-electron chi connectivity index (χ4n) is 2.38. The molecule has 0 aliphatic rings. The first kappa shape index (κ1) is 18.2. The molecule has 2 aromatic heterocycles. The third-order valence-electron chi connectivity index (χ3n) is 3.76. The van der Waals surface area contributed by atoms with Crippen LogP contribution in [0.2, 0.25) is 10.0 Å². The molecule has 0 saturated carbocycles. The zero-order valence-corrected chi connectivity index (χ0v) is 16.3. The second kappa shape index (κ2) is 7.72. The van der Waals surface area contributed by atoms with Crippen molar-refractivity contribution in [2.24, 2.45) is 5.92 Å². The van der Waals surface area contributed by atoms with E-state index in [2.05, 4.69) is 28.8 Å². The molecule has 1 aromatic carbocycles. The van der Waals surface area contributed by atoms with Gasteiger partial charge in [0.15, 0.2) is 0 Å². The molecule has 0 amide bonds. The highest BCUT2D eigenvalue weighted by atomic mass is 35.5. The van der Waals surface area contributed by atoms with Crippen molar-refractivity contribution in [3.63, 3.8) is 0 Å². The summed E-state index contributed by atoms with van der Waals surface area (Å²) in [7, 11) is 0. The standard InChI is InChI=1S/C17H18Cl2N4OS/c1-11(2)6-8-22(10-12-3-4-13(18)14(19)9-12)17-21-23-15(24)5-7-20-16(23)25-17/h3-5,7,9,11H,6,8,10H2,1-2H3. The van der Waals surface area contributed by atoms with Crippen molar-refractivity contribution in [3.05, 3.63) is 56.4 Å². The van der Waals surface area contributed by atoms with E-state index in [9.17, 15) is 4.79 Å². The Hall–Kier alpha value is -1.63. The van der Waals surface area contributed by atoms with E-state index in [0.717, 1.165) is 23.7 Å². The largest absolute Gasteiger partial charge is 0.342 e. The van der Waals surface area contributed by atoms with Gasteiger partial charge >= 0.3 is 0 Å². The first-order chi connectivity index (χ1) is 11.9. The van der Waals surface area contributed by atoms with E-state index in [1.807, 2.05) is 12.1 Å². The van der Waals surface area contributed by atoms with Gasteiger partial charge in [0, 0.05) is 25.4 Å². The SMILES string of the molecule is CC(C)CCN(Cc1ccc(Cl)c(Cl)c1)c1nn2c(=O)ccnc2s1. The Labute approximate surface area is 159 Å². The Kier molecular flexibility index (Phi) is 5.61. The second-order valence-corrected chi connectivity index (χ2v) is 7.96. The molecule has 3 aromatic rings. The summed E-state index contributed by atoms with van der Waals surface area (Å²) >= 11 is 13.5. The molecule has 0 bridgehead atoms. The molecule has 0 aliphatic carbocycles. The number of hydrogen-bond acceptors (Lipinski definition) is 5. The molecule has 0 fully saturated rings. The van der Waals surface area contributed by atoms with Crippen LogP contribution in [0.1, 0.15) is 25.8 Å². The van der Waals surface area contributed by atoms with Crippen LogP contribution in [-0.2, 0) is 6.54 Å². The first-order valence-electron chi connectivity index (χ1n) is 7.98. The summed E-state index contributed by atoms with van der Waals surface area (Å²) in [5.74, 6) is 0.562. The Bertz CT molecular complexity index is 938. The maximum Gasteiger partial charge on any atom is 0.275 e. The fraction of sp³-hybridized carbons (Fsp3) is 0.353. The Morgan fingerprint density at radius 1 is 1.24 bits per heavy atom. The van der Waals surface area contributed by atoms with Crippen molar-refractivity contribution >= 4 is 44.6 Å². The molecule has 0 N–H and O–H groups in total. The lowest BCUT2D eigenvalue weighted by Crippen LogP contribution is -2.25. The van der Waals surface area contributed by atoms with Crippen LogP contribution < -0.4 is 10.5 Å². The number of fused-ring (bicyclic) bond motifs is 1. The number of nitrogens with zero attached hydrogens (tertiary/aromatic N) is 4. The molecule has 0 aliphatic heterocycles. The van der Waals surface area contributed by atoms with Crippen LogP contribution in [0.5, 0.6) is 0 Å². The normalized spacial score (nSPS) is 11.4. The van der Waals surface area contributed by atoms with E-state index in [1.165, 1.54) is 28.1 Å². The van der Waals surface area contributed by atoms with Gasteiger partial charge in [-0.3, -0.25) is 4.79 Å². The van der Waals surface area contributed by atoms with Crippen molar-refractivity contribution in [2.45, 2.75) is 26.8 Å². The molecule has 0 spiro atoms. The van der Waals surface area contributed by atoms with Gasteiger partial charge in [-0.1, -0.05) is 54.5 Å². The minimum Gasteiger partial charge on any atom is -0.342 e. The van der Waals surface area contributed by atoms with E-state index >= 15 is 0 Å². The number of hydrogen-bond donors (Lipinski definition) is 0. The van der Waals surface area contributed by atoms with Gasteiger partial charge in [-0.15, -0.1) is 5.10 Å². The molecule has 5 nitrogen and oxygen atoms in total. The van der Waals surface area contributed by atoms with E-state index in [0.29, 0.717) is 27.5 Å². The summed E-state index contributed by atoms with van der Waals surface area (Å²) in [6.07, 6.45) is 2.52. The second-order valence-electron chi connectivity index (χ2n) is 6.21. The smallest absolute Gasteiger partial charge is 0.275 e. The Balaban J connectivity index is 1.93. The van der Waals surface area contributed by atoms with Gasteiger partial charge in [0.25, 0.3) is 5.56 Å². The third kappa shape index (κ3) is 4.32. The highest BCUT2D eigenvalue weighted by Gasteiger charge is 2.15. The van der Waals surface area contributed by atoms with Crippen LogP contribution in [0, 0.1) is 5.92 Å². The fourth-order valence-corrected chi connectivity index (χ4v) is 3.60. The molecule has 2 heterocycles. The molecular weight excluding hydrogens is 379 g/mol. The van der Waals surface area contributed by atoms with Crippen molar-refractivity contribution in [1.29, 1.82) is 0 Å². The van der Waals surface area contributed by atoms with Crippen LogP contribution in [0.4, 0.5) is 5.13 Å². The third-order valence-corrected chi connectivity index (χ3v) is 5.49. The van der Waals surface area contributed by atoms with Gasteiger partial charge in [0.05, 0.1) is 10.0 Å². The van der Waals surface area contributed by atoms with Crippen LogP contribution in [0.15, 0.2) is 35.3 Å². The monoisotopic (exact) mass is 396 g/mol. The maximum atomic E-state index is 11.9. The van der Waals surface area contributed by atoms with Gasteiger partial charge in [-0.2, -0.15) is 4.52 Å². The summed E-state index contributed by atoms with van der Waals surface area (Å²) < 4.78 is 1.34. The quantitative estimate of drug-likeness (QED) is 0.614. The Morgan fingerprint density at radius 2 is 2.04 bits per heavy atom. The summed E-state index contributed by atoms with van der Waals surface area (Å²) in [4.78, 5) is 18.9. The lowest BCUT2D eigenvalue weighted by Gasteiger charge is -2.22. The predicted octanol–water partition coefficient (Wildman–Crippen LogP) is 4.51. The maximum absolute atomic E-state index is 11.9. The molecule has 0 radical (unpaired) electrons. The van der Waals surface area contributed by atoms with Gasteiger partial charge in [-0.05, 0) is 30.0 Å². The van der Waals surface area contributed by atoms with E-state index in [-0.39, 0.29) is 5.56 Å². The van der Waals surface area contributed by atoms with Crippen molar-refractivity contribution < 1.29 is 0 Å². The van der Waals surface area contributed by atoms with Crippen LogP contribution in [0.25, 0.3) is 4.96 Å². The number of benzene rings is 1. The average molecular weight is 397 g/mol. The molecule has 132 valence electrons. The molecular formula is C17H18Cl2N4OS. The van der Waals surface area contributed by atoms with E-state index < -0.39 is 0 Å². The minimum absolute atomic E-state index is 0.175. The molecule has 0 unspecified atom stereocenters. The van der Waals surface area contributed by atoms with Crippen LogP contribution in [-0.4, -0.2) is 21.1 Å². The summed E-state index contributed by atoms with van der Waals surface area (Å²) in [6, 6.07) is 7.02. The number of anilines is 1. The topological polar surface area (TPSA) is 50.5 Å². The van der Waals surface area contributed by atoms with E-state index in [4.69, 9.17) is 23.2 Å². The van der Waals surface area contributed by atoms with Gasteiger partial charge in [-0.25, -0.2) is 4.98 Å². The lowest BCUT2D eigenvalue weighted by atomic mass is 10.1. The number of halogens is 2. The highest BCUT2D eigenvalue weighted by molar-refractivity contribution is 7.20. The van der Waals surface area contributed by atoms with Gasteiger partial charge in [0.1, 0.15) is 0 Å². The average Bonchev–Trinajstić information content (AvgIpc) is 3.00. The molecule has 3 rings (SSSR count).